The van der Waals surface area contributed by atoms with Gasteiger partial charge in [-0.25, -0.2) is 9.78 Å². The molecule has 0 radical (unpaired) electrons. The van der Waals surface area contributed by atoms with Gasteiger partial charge in [0.15, 0.2) is 0 Å². The minimum atomic E-state index is -0.337. The number of carbonyl (C=O) groups is 1. The molecule has 0 spiro atoms. The van der Waals surface area contributed by atoms with E-state index in [1.54, 1.807) is 24.3 Å². The van der Waals surface area contributed by atoms with Crippen molar-refractivity contribution in [1.82, 2.24) is 9.88 Å². The molecule has 1 aliphatic heterocycles. The third kappa shape index (κ3) is 2.01. The number of urea groups is 1. The first-order chi connectivity index (χ1) is 8.54. The van der Waals surface area contributed by atoms with Crippen molar-refractivity contribution in [3.8, 4) is 5.88 Å². The number of aliphatic imine (C=N–C) groups is 1. The molecular formula is C12H16N4O2. The molecule has 18 heavy (non-hydrogen) atoms. The van der Waals surface area contributed by atoms with Gasteiger partial charge >= 0.3 is 6.03 Å². The van der Waals surface area contributed by atoms with Crippen molar-refractivity contribution in [3.05, 3.63) is 23.9 Å². The number of carbonyl (C=O) groups excluding carboxylic acids is 1. The summed E-state index contributed by atoms with van der Waals surface area (Å²) in [4.78, 5) is 21.3. The van der Waals surface area contributed by atoms with Crippen molar-refractivity contribution < 1.29 is 9.53 Å². The molecule has 1 aromatic heterocycles. The topological polar surface area (TPSA) is 80.8 Å². The summed E-state index contributed by atoms with van der Waals surface area (Å²) in [7, 11) is 1.55. The average Bonchev–Trinajstić information content (AvgIpc) is 2.64. The number of hydrogen-bond donors (Lipinski definition) is 1. The molecule has 0 saturated carbocycles. The summed E-state index contributed by atoms with van der Waals surface area (Å²) < 4.78 is 5.00. The third-order valence-electron chi connectivity index (χ3n) is 2.84. The molecule has 0 bridgehead atoms. The quantitative estimate of drug-likeness (QED) is 0.875. The van der Waals surface area contributed by atoms with Crippen LogP contribution in [0.15, 0.2) is 23.3 Å². The van der Waals surface area contributed by atoms with E-state index in [2.05, 4.69) is 9.98 Å². The maximum atomic E-state index is 11.7. The van der Waals surface area contributed by atoms with Crippen LogP contribution < -0.4 is 10.5 Å². The highest BCUT2D eigenvalue weighted by Gasteiger charge is 2.36. The van der Waals surface area contributed by atoms with Crippen LogP contribution in [0, 0.1) is 0 Å². The highest BCUT2D eigenvalue weighted by Crippen LogP contribution is 2.28. The molecule has 2 heterocycles. The van der Waals surface area contributed by atoms with Crippen LogP contribution in [-0.2, 0) is 0 Å². The Labute approximate surface area is 105 Å². The highest BCUT2D eigenvalue weighted by molar-refractivity contribution is 6.03. The van der Waals surface area contributed by atoms with E-state index < -0.39 is 0 Å². The number of methoxy groups -OCH3 is 1. The summed E-state index contributed by atoms with van der Waals surface area (Å²) >= 11 is 0. The van der Waals surface area contributed by atoms with Crippen LogP contribution in [0.4, 0.5) is 4.79 Å². The lowest BCUT2D eigenvalue weighted by atomic mass is 10.1. The van der Waals surface area contributed by atoms with E-state index in [1.807, 2.05) is 19.9 Å². The SMILES string of the molecule is COc1ccc(C2C(N)=NC(=O)N2C(C)C)cn1. The fourth-order valence-electron chi connectivity index (χ4n) is 2.01. The zero-order valence-electron chi connectivity index (χ0n) is 10.6. The molecule has 6 nitrogen and oxygen atoms in total. The molecule has 6 heteroatoms. The maximum absolute atomic E-state index is 11.7. The number of ether oxygens (including phenoxy) is 1. The standard InChI is InChI=1S/C12H16N4O2/c1-7(2)16-10(11(13)15-12(16)17)8-4-5-9(18-3)14-6-8/h4-7,10H,1-3H3,(H2,13,15,17). The first-order valence-corrected chi connectivity index (χ1v) is 5.71. The monoisotopic (exact) mass is 248 g/mol. The molecule has 2 N–H and O–H groups in total. The van der Waals surface area contributed by atoms with Crippen LogP contribution in [0.25, 0.3) is 0 Å². The number of pyridine rings is 1. The van der Waals surface area contributed by atoms with Crippen LogP contribution >= 0.6 is 0 Å². The zero-order chi connectivity index (χ0) is 13.3. The van der Waals surface area contributed by atoms with Crippen LogP contribution in [0.5, 0.6) is 5.88 Å². The van der Waals surface area contributed by atoms with Crippen molar-refractivity contribution in [1.29, 1.82) is 0 Å². The van der Waals surface area contributed by atoms with Gasteiger partial charge in [0.05, 0.1) is 7.11 Å². The molecule has 1 aliphatic rings. The summed E-state index contributed by atoms with van der Waals surface area (Å²) in [5, 5.41) is 0. The Morgan fingerprint density at radius 3 is 2.67 bits per heavy atom. The second-order valence-corrected chi connectivity index (χ2v) is 4.36. The Balaban J connectivity index is 2.35. The Hall–Kier alpha value is -2.11. The summed E-state index contributed by atoms with van der Waals surface area (Å²) in [6.07, 6.45) is 1.65. The number of amides is 2. The lowest BCUT2D eigenvalue weighted by Crippen LogP contribution is -2.38. The van der Waals surface area contributed by atoms with Crippen molar-refractivity contribution in [3.63, 3.8) is 0 Å². The van der Waals surface area contributed by atoms with Crippen molar-refractivity contribution in [2.24, 2.45) is 10.7 Å². The van der Waals surface area contributed by atoms with Crippen LogP contribution in [0.2, 0.25) is 0 Å². The van der Waals surface area contributed by atoms with E-state index >= 15 is 0 Å². The van der Waals surface area contributed by atoms with E-state index in [9.17, 15) is 4.79 Å². The Morgan fingerprint density at radius 1 is 1.44 bits per heavy atom. The number of hydrogen-bond acceptors (Lipinski definition) is 4. The number of amidine groups is 1. The van der Waals surface area contributed by atoms with Gasteiger partial charge in [-0.05, 0) is 19.9 Å². The molecule has 2 amide bonds. The lowest BCUT2D eigenvalue weighted by molar-refractivity contribution is 0.190. The molecular weight excluding hydrogens is 232 g/mol. The van der Waals surface area contributed by atoms with Gasteiger partial charge in [0.1, 0.15) is 11.9 Å². The predicted octanol–water partition coefficient (Wildman–Crippen LogP) is 1.33. The van der Waals surface area contributed by atoms with Crippen LogP contribution in [-0.4, -0.2) is 34.9 Å². The predicted molar refractivity (Wildman–Crippen MR) is 67.5 cm³/mol. The normalized spacial score (nSPS) is 19.3. The Morgan fingerprint density at radius 2 is 2.17 bits per heavy atom. The van der Waals surface area contributed by atoms with E-state index in [1.165, 1.54) is 0 Å². The smallest absolute Gasteiger partial charge is 0.346 e. The molecule has 0 saturated heterocycles. The number of aromatic nitrogens is 1. The van der Waals surface area contributed by atoms with Crippen molar-refractivity contribution in [2.45, 2.75) is 25.9 Å². The molecule has 1 unspecified atom stereocenters. The van der Waals surface area contributed by atoms with E-state index in [4.69, 9.17) is 10.5 Å². The Kier molecular flexibility index (Phi) is 3.18. The summed E-state index contributed by atoms with van der Waals surface area (Å²) in [6.45, 7) is 3.85. The summed E-state index contributed by atoms with van der Waals surface area (Å²) in [5.41, 5.74) is 6.66. The largest absolute Gasteiger partial charge is 0.481 e. The fraction of sp³-hybridized carbons (Fsp3) is 0.417. The van der Waals surface area contributed by atoms with Crippen LogP contribution in [0.3, 0.4) is 0 Å². The molecule has 0 fully saturated rings. The molecule has 2 rings (SSSR count). The highest BCUT2D eigenvalue weighted by atomic mass is 16.5. The lowest BCUT2D eigenvalue weighted by Gasteiger charge is -2.27. The van der Waals surface area contributed by atoms with E-state index in [0.717, 1.165) is 5.56 Å². The fourth-order valence-corrected chi connectivity index (χ4v) is 2.01. The molecule has 1 aromatic rings. The number of nitrogens with zero attached hydrogens (tertiary/aromatic N) is 3. The maximum Gasteiger partial charge on any atom is 0.346 e. The Bertz CT molecular complexity index is 481. The van der Waals surface area contributed by atoms with Gasteiger partial charge in [-0.2, -0.15) is 4.99 Å². The van der Waals surface area contributed by atoms with Gasteiger partial charge in [-0.1, -0.05) is 0 Å². The van der Waals surface area contributed by atoms with Gasteiger partial charge < -0.3 is 15.4 Å². The second-order valence-electron chi connectivity index (χ2n) is 4.36. The van der Waals surface area contributed by atoms with Gasteiger partial charge in [0.2, 0.25) is 5.88 Å². The summed E-state index contributed by atoms with van der Waals surface area (Å²) in [6, 6.07) is 2.96. The molecule has 0 aliphatic carbocycles. The van der Waals surface area contributed by atoms with Gasteiger partial charge in [-0.3, -0.25) is 0 Å². The third-order valence-corrected chi connectivity index (χ3v) is 2.84. The zero-order valence-corrected chi connectivity index (χ0v) is 10.6. The average molecular weight is 248 g/mol. The van der Waals surface area contributed by atoms with Gasteiger partial charge in [-0.15, -0.1) is 0 Å². The van der Waals surface area contributed by atoms with Crippen LogP contribution in [0.1, 0.15) is 25.5 Å². The minimum Gasteiger partial charge on any atom is -0.481 e. The van der Waals surface area contributed by atoms with Gasteiger partial charge in [0.25, 0.3) is 0 Å². The first kappa shape index (κ1) is 12.3. The summed E-state index contributed by atoms with van der Waals surface area (Å²) in [5.74, 6) is 0.829. The van der Waals surface area contributed by atoms with Crippen molar-refractivity contribution in [2.75, 3.05) is 7.11 Å². The van der Waals surface area contributed by atoms with Gasteiger partial charge in [0, 0.05) is 23.9 Å². The first-order valence-electron chi connectivity index (χ1n) is 5.71. The molecule has 96 valence electrons. The van der Waals surface area contributed by atoms with E-state index in [0.29, 0.717) is 11.7 Å². The van der Waals surface area contributed by atoms with Crippen molar-refractivity contribution >= 4 is 11.9 Å². The minimum absolute atomic E-state index is 0.0226. The molecule has 1 atom stereocenters. The second kappa shape index (κ2) is 4.64. The van der Waals surface area contributed by atoms with E-state index in [-0.39, 0.29) is 18.1 Å². The number of nitrogens with two attached hydrogens (primary N) is 1. The molecule has 0 aromatic carbocycles. The number of rotatable bonds is 3.